The molecule has 3 heteroatoms. The Labute approximate surface area is 175 Å². The van der Waals surface area contributed by atoms with Gasteiger partial charge in [0.15, 0.2) is 0 Å². The molecule has 28 heavy (non-hydrogen) atoms. The predicted octanol–water partition coefficient (Wildman–Crippen LogP) is 7.89. The third kappa shape index (κ3) is 7.43. The summed E-state index contributed by atoms with van der Waals surface area (Å²) in [5.74, 6) is 2.51. The third-order valence-corrected chi connectivity index (χ3v) is 7.67. The van der Waals surface area contributed by atoms with E-state index in [0.717, 1.165) is 43.4 Å². The molecular weight excluding hydrogens is 346 g/mol. The van der Waals surface area contributed by atoms with Gasteiger partial charge in [-0.15, -0.1) is 0 Å². The van der Waals surface area contributed by atoms with Crippen LogP contribution in [0.15, 0.2) is 5.18 Å². The fraction of sp³-hybridized carbons (Fsp3) is 1.00. The summed E-state index contributed by atoms with van der Waals surface area (Å²) in [6, 6.07) is 0. The van der Waals surface area contributed by atoms with Crippen LogP contribution in [0.5, 0.6) is 0 Å². The van der Waals surface area contributed by atoms with Crippen molar-refractivity contribution in [3.63, 3.8) is 0 Å². The molecule has 1 N–H and O–H groups in total. The van der Waals surface area contributed by atoms with Gasteiger partial charge in [-0.1, -0.05) is 64.5 Å². The third-order valence-electron chi connectivity index (χ3n) is 7.67. The highest BCUT2D eigenvalue weighted by Gasteiger charge is 2.49. The van der Waals surface area contributed by atoms with Crippen molar-refractivity contribution in [3.05, 3.63) is 4.91 Å². The molecule has 0 aromatic heterocycles. The van der Waals surface area contributed by atoms with Crippen LogP contribution in [0, 0.1) is 28.1 Å². The van der Waals surface area contributed by atoms with Crippen molar-refractivity contribution in [2.75, 3.05) is 0 Å². The molecule has 0 heterocycles. The molecule has 0 bridgehead atoms. The van der Waals surface area contributed by atoms with Crippen LogP contribution in [0.2, 0.25) is 0 Å². The largest absolute Gasteiger partial charge is 0.390 e. The van der Waals surface area contributed by atoms with Gasteiger partial charge in [0.05, 0.1) is 11.1 Å². The van der Waals surface area contributed by atoms with Crippen LogP contribution >= 0.6 is 0 Å². The summed E-state index contributed by atoms with van der Waals surface area (Å²) in [5.41, 5.74) is -0.443. The Bertz CT molecular complexity index is 454. The Balaban J connectivity index is 0.00000190. The number of hydrogen-bond acceptors (Lipinski definition) is 3. The van der Waals surface area contributed by atoms with Gasteiger partial charge >= 0.3 is 0 Å². The van der Waals surface area contributed by atoms with Crippen LogP contribution < -0.4 is 0 Å². The number of nitrogens with zero attached hydrogens (tertiary/aromatic N) is 1. The predicted molar refractivity (Wildman–Crippen MR) is 122 cm³/mol. The van der Waals surface area contributed by atoms with Crippen molar-refractivity contribution < 1.29 is 5.11 Å². The van der Waals surface area contributed by atoms with Gasteiger partial charge in [-0.25, -0.2) is 0 Å². The molecule has 2 aliphatic rings. The van der Waals surface area contributed by atoms with Crippen LogP contribution in [0.25, 0.3) is 0 Å². The minimum atomic E-state index is -0.555. The van der Waals surface area contributed by atoms with E-state index in [4.69, 9.17) is 0 Å². The summed E-state index contributed by atoms with van der Waals surface area (Å²) in [6.45, 7) is 14.3. The SMILES string of the molecule is CC.CC(C)(O)CCCC(CCCC(C)(C)N=O)C1CCC2CCCCC21C. The quantitative estimate of drug-likeness (QED) is 0.382. The van der Waals surface area contributed by atoms with Crippen LogP contribution in [0.3, 0.4) is 0 Å². The van der Waals surface area contributed by atoms with E-state index in [9.17, 15) is 10.0 Å². The first kappa shape index (κ1) is 25.6. The highest BCUT2D eigenvalue weighted by molar-refractivity contribution is 4.99. The van der Waals surface area contributed by atoms with Crippen molar-refractivity contribution in [1.29, 1.82) is 0 Å². The average molecular weight is 396 g/mol. The van der Waals surface area contributed by atoms with Crippen molar-refractivity contribution in [2.45, 2.75) is 137 Å². The summed E-state index contributed by atoms with van der Waals surface area (Å²) in [7, 11) is 0. The Morgan fingerprint density at radius 2 is 1.61 bits per heavy atom. The summed E-state index contributed by atoms with van der Waals surface area (Å²) >= 11 is 0. The first-order valence-corrected chi connectivity index (χ1v) is 12.1. The maximum Gasteiger partial charge on any atom is 0.0970 e. The van der Waals surface area contributed by atoms with E-state index in [0.29, 0.717) is 5.41 Å². The van der Waals surface area contributed by atoms with Crippen molar-refractivity contribution >= 4 is 0 Å². The molecule has 2 saturated carbocycles. The second-order valence-corrected chi connectivity index (χ2v) is 10.9. The van der Waals surface area contributed by atoms with Gasteiger partial charge in [0.1, 0.15) is 0 Å². The van der Waals surface area contributed by atoms with Gasteiger partial charge in [-0.05, 0) is 89.4 Å². The lowest BCUT2D eigenvalue weighted by molar-refractivity contribution is 0.0453. The summed E-state index contributed by atoms with van der Waals surface area (Å²) in [4.78, 5) is 11.0. The standard InChI is InChI=1S/C23H43NO2.C2H6/c1-21(2,24-26)15-8-10-18(11-9-16-22(3,4)25)20-14-13-19-12-6-7-17-23(19,20)5;1-2/h18-20,25H,6-17H2,1-5H3;1-2H3. The first-order valence-electron chi connectivity index (χ1n) is 12.1. The zero-order valence-electron chi connectivity index (χ0n) is 20.0. The zero-order chi connectivity index (χ0) is 21.4. The molecule has 0 radical (unpaired) electrons. The number of rotatable bonds is 10. The molecule has 4 atom stereocenters. The molecule has 166 valence electrons. The molecule has 0 saturated heterocycles. The van der Waals surface area contributed by atoms with E-state index in [1.54, 1.807) is 0 Å². The Morgan fingerprint density at radius 1 is 1.00 bits per heavy atom. The highest BCUT2D eigenvalue weighted by Crippen LogP contribution is 2.59. The number of fused-ring (bicyclic) bond motifs is 1. The zero-order valence-corrected chi connectivity index (χ0v) is 20.0. The molecule has 0 amide bonds. The van der Waals surface area contributed by atoms with E-state index >= 15 is 0 Å². The molecule has 0 aliphatic heterocycles. The Morgan fingerprint density at radius 3 is 2.18 bits per heavy atom. The molecule has 2 rings (SSSR count). The maximum atomic E-state index is 11.0. The molecule has 4 unspecified atom stereocenters. The molecule has 3 nitrogen and oxygen atoms in total. The van der Waals surface area contributed by atoms with E-state index in [2.05, 4.69) is 12.1 Å². The molecule has 2 fully saturated rings. The molecule has 0 aromatic rings. The minimum Gasteiger partial charge on any atom is -0.390 e. The van der Waals surface area contributed by atoms with Gasteiger partial charge in [0.25, 0.3) is 0 Å². The molecule has 0 spiro atoms. The van der Waals surface area contributed by atoms with Crippen LogP contribution in [0.1, 0.15) is 126 Å². The Kier molecular flexibility index (Phi) is 10.1. The van der Waals surface area contributed by atoms with Gasteiger partial charge in [-0.3, -0.25) is 0 Å². The lowest BCUT2D eigenvalue weighted by Gasteiger charge is -2.44. The number of nitroso groups, excluding NO2 is 1. The van der Waals surface area contributed by atoms with Gasteiger partial charge < -0.3 is 5.11 Å². The summed E-state index contributed by atoms with van der Waals surface area (Å²) in [5, 5.41) is 13.4. The van der Waals surface area contributed by atoms with E-state index in [-0.39, 0.29) is 0 Å². The molecule has 0 aromatic carbocycles. The number of hydrogen-bond donors (Lipinski definition) is 1. The van der Waals surface area contributed by atoms with E-state index < -0.39 is 11.1 Å². The topological polar surface area (TPSA) is 49.7 Å². The lowest BCUT2D eigenvalue weighted by atomic mass is 9.61. The fourth-order valence-electron chi connectivity index (χ4n) is 6.06. The van der Waals surface area contributed by atoms with Crippen LogP contribution in [-0.4, -0.2) is 16.2 Å². The maximum absolute atomic E-state index is 11.0. The van der Waals surface area contributed by atoms with E-state index in [1.165, 1.54) is 51.4 Å². The normalized spacial score (nSPS) is 28.9. The second kappa shape index (κ2) is 11.1. The van der Waals surface area contributed by atoms with Gasteiger partial charge in [0.2, 0.25) is 0 Å². The van der Waals surface area contributed by atoms with Crippen molar-refractivity contribution in [3.8, 4) is 0 Å². The fourth-order valence-corrected chi connectivity index (χ4v) is 6.06. The summed E-state index contributed by atoms with van der Waals surface area (Å²) < 4.78 is 0. The van der Waals surface area contributed by atoms with Crippen molar-refractivity contribution in [2.24, 2.45) is 28.3 Å². The van der Waals surface area contributed by atoms with Crippen LogP contribution in [0.4, 0.5) is 0 Å². The average Bonchev–Trinajstić information content (AvgIpc) is 2.98. The number of aliphatic hydroxyl groups is 1. The van der Waals surface area contributed by atoms with Gasteiger partial charge in [-0.2, -0.15) is 4.91 Å². The minimum absolute atomic E-state index is 0.426. The molecular formula is C25H49NO2. The molecule has 2 aliphatic carbocycles. The smallest absolute Gasteiger partial charge is 0.0970 e. The van der Waals surface area contributed by atoms with Crippen molar-refractivity contribution in [1.82, 2.24) is 0 Å². The second-order valence-electron chi connectivity index (χ2n) is 10.9. The monoisotopic (exact) mass is 395 g/mol. The highest BCUT2D eigenvalue weighted by atomic mass is 16.3. The van der Waals surface area contributed by atoms with E-state index in [1.807, 2.05) is 41.5 Å². The van der Waals surface area contributed by atoms with Crippen LogP contribution in [-0.2, 0) is 0 Å². The Hall–Kier alpha value is -0.440. The lowest BCUT2D eigenvalue weighted by Crippen LogP contribution is -2.36. The summed E-state index contributed by atoms with van der Waals surface area (Å²) in [6.07, 6.45) is 14.9. The first-order chi connectivity index (χ1) is 13.1. The van der Waals surface area contributed by atoms with Gasteiger partial charge in [0, 0.05) is 0 Å².